The van der Waals surface area contributed by atoms with Crippen LogP contribution < -0.4 is 5.73 Å². The minimum Gasteiger partial charge on any atom is -0.397 e. The Hall–Kier alpha value is -4.23. The van der Waals surface area contributed by atoms with E-state index >= 15 is 0 Å². The summed E-state index contributed by atoms with van der Waals surface area (Å²) in [7, 11) is 0. The molecule has 0 atom stereocenters. The molecule has 26 heavy (non-hydrogen) atoms. The highest BCUT2D eigenvalue weighted by Gasteiger charge is 2.35. The van der Waals surface area contributed by atoms with Crippen molar-refractivity contribution in [2.45, 2.75) is 0 Å². The molecule has 0 radical (unpaired) electrons. The van der Waals surface area contributed by atoms with Crippen molar-refractivity contribution in [2.75, 3.05) is 5.73 Å². The second kappa shape index (κ2) is 5.13. The van der Waals surface area contributed by atoms with Crippen molar-refractivity contribution in [1.29, 1.82) is 10.5 Å². The Labute approximate surface area is 146 Å². The Kier molecular flexibility index (Phi) is 3.02. The first-order chi connectivity index (χ1) is 12.5. The van der Waals surface area contributed by atoms with Crippen LogP contribution >= 0.6 is 0 Å². The lowest BCUT2D eigenvalue weighted by Crippen LogP contribution is -2.15. The maximum atomic E-state index is 13.0. The van der Waals surface area contributed by atoms with Crippen LogP contribution in [0.2, 0.25) is 0 Å². The SMILES string of the molecule is N#Cc1c(N)c(C#N)c2ccc([N+](=O)[O-])c3c2c1-c1ccccc1C3=O. The van der Waals surface area contributed by atoms with Crippen LogP contribution in [0, 0.1) is 32.8 Å². The van der Waals surface area contributed by atoms with E-state index in [0.717, 1.165) is 0 Å². The van der Waals surface area contributed by atoms with Gasteiger partial charge in [0, 0.05) is 28.0 Å². The van der Waals surface area contributed by atoms with Gasteiger partial charge in [-0.3, -0.25) is 14.9 Å². The van der Waals surface area contributed by atoms with Crippen molar-refractivity contribution in [3.8, 4) is 23.3 Å². The van der Waals surface area contributed by atoms with Crippen molar-refractivity contribution in [1.82, 2.24) is 0 Å². The van der Waals surface area contributed by atoms with E-state index < -0.39 is 10.7 Å². The zero-order valence-corrected chi connectivity index (χ0v) is 13.1. The number of hydrogen-bond acceptors (Lipinski definition) is 6. The van der Waals surface area contributed by atoms with Crippen molar-refractivity contribution < 1.29 is 9.72 Å². The number of hydrogen-bond donors (Lipinski definition) is 1. The molecule has 0 spiro atoms. The molecule has 0 bridgehead atoms. The molecule has 122 valence electrons. The molecule has 4 rings (SSSR count). The summed E-state index contributed by atoms with van der Waals surface area (Å²) in [6, 6.07) is 13.1. The minimum absolute atomic E-state index is 0.00135. The van der Waals surface area contributed by atoms with Crippen molar-refractivity contribution in [3.63, 3.8) is 0 Å². The lowest BCUT2D eigenvalue weighted by Gasteiger charge is -2.22. The number of nitrogens with two attached hydrogens (primary N) is 1. The Bertz CT molecular complexity index is 1260. The van der Waals surface area contributed by atoms with Gasteiger partial charge in [0.25, 0.3) is 5.69 Å². The molecule has 0 aliphatic heterocycles. The number of rotatable bonds is 1. The fourth-order valence-electron chi connectivity index (χ4n) is 3.51. The number of anilines is 1. The fourth-order valence-corrected chi connectivity index (χ4v) is 3.51. The highest BCUT2D eigenvalue weighted by atomic mass is 16.6. The maximum Gasteiger partial charge on any atom is 0.281 e. The van der Waals surface area contributed by atoms with Gasteiger partial charge in [0.2, 0.25) is 5.78 Å². The predicted octanol–water partition coefficient (Wildman–Crippen LogP) is 3.28. The summed E-state index contributed by atoms with van der Waals surface area (Å²) in [4.78, 5) is 23.9. The first-order valence-corrected chi connectivity index (χ1v) is 7.52. The number of carbonyl (C=O) groups is 1. The highest BCUT2D eigenvalue weighted by Crippen LogP contribution is 2.47. The summed E-state index contributed by atoms with van der Waals surface area (Å²) in [6.45, 7) is 0. The third kappa shape index (κ3) is 1.71. The lowest BCUT2D eigenvalue weighted by atomic mass is 9.78. The van der Waals surface area contributed by atoms with E-state index in [1.54, 1.807) is 24.3 Å². The molecule has 0 amide bonds. The molecule has 2 N–H and O–H groups in total. The number of ketones is 1. The van der Waals surface area contributed by atoms with Crippen LogP contribution in [0.1, 0.15) is 27.0 Å². The van der Waals surface area contributed by atoms with Crippen LogP contribution in [-0.2, 0) is 0 Å². The Morgan fingerprint density at radius 2 is 1.62 bits per heavy atom. The van der Waals surface area contributed by atoms with Crippen LogP contribution in [0.3, 0.4) is 0 Å². The quantitative estimate of drug-likeness (QED) is 0.321. The third-order valence-corrected chi connectivity index (χ3v) is 4.58. The monoisotopic (exact) mass is 340 g/mol. The summed E-state index contributed by atoms with van der Waals surface area (Å²) in [5, 5.41) is 31.2. The second-order valence-electron chi connectivity index (χ2n) is 5.78. The van der Waals surface area contributed by atoms with E-state index in [4.69, 9.17) is 5.73 Å². The number of fused-ring (bicyclic) bond motifs is 2. The number of benzene rings is 3. The van der Waals surface area contributed by atoms with Crippen LogP contribution in [0.25, 0.3) is 21.9 Å². The molecule has 0 fully saturated rings. The minimum atomic E-state index is -0.640. The van der Waals surface area contributed by atoms with E-state index in [1.165, 1.54) is 12.1 Å². The van der Waals surface area contributed by atoms with E-state index in [-0.39, 0.29) is 39.0 Å². The maximum absolute atomic E-state index is 13.0. The van der Waals surface area contributed by atoms with Gasteiger partial charge in [-0.25, -0.2) is 0 Å². The van der Waals surface area contributed by atoms with E-state index in [2.05, 4.69) is 0 Å². The van der Waals surface area contributed by atoms with Crippen molar-refractivity contribution in [2.24, 2.45) is 0 Å². The summed E-state index contributed by atoms with van der Waals surface area (Å²) in [5.74, 6) is -0.511. The number of carbonyl (C=O) groups excluding carboxylic acids is 1. The molecule has 3 aromatic carbocycles. The Morgan fingerprint density at radius 1 is 0.962 bits per heavy atom. The molecule has 1 aliphatic carbocycles. The van der Waals surface area contributed by atoms with E-state index in [9.17, 15) is 25.4 Å². The lowest BCUT2D eigenvalue weighted by molar-refractivity contribution is -0.385. The van der Waals surface area contributed by atoms with Gasteiger partial charge in [-0.15, -0.1) is 0 Å². The molecule has 7 nitrogen and oxygen atoms in total. The van der Waals surface area contributed by atoms with Gasteiger partial charge in [0.15, 0.2) is 0 Å². The predicted molar refractivity (Wildman–Crippen MR) is 93.3 cm³/mol. The highest BCUT2D eigenvalue weighted by molar-refractivity contribution is 6.29. The number of nitrogen functional groups attached to an aromatic ring is 1. The first kappa shape index (κ1) is 15.3. The normalized spacial score (nSPS) is 11.5. The van der Waals surface area contributed by atoms with Crippen molar-refractivity contribution >= 4 is 27.9 Å². The van der Waals surface area contributed by atoms with Gasteiger partial charge < -0.3 is 5.73 Å². The molecule has 0 saturated carbocycles. The topological polar surface area (TPSA) is 134 Å². The standard InChI is InChI=1S/C19H8N4O3/c20-7-12-10-5-6-14(23(25)26)17-16(10)15(13(8-21)18(12)22)9-3-1-2-4-11(9)19(17)24/h1-6H,22H2. The second-order valence-corrected chi connectivity index (χ2v) is 5.78. The molecular formula is C19H8N4O3. The number of nitrogens with zero attached hydrogens (tertiary/aromatic N) is 3. The van der Waals surface area contributed by atoms with Crippen LogP contribution in [0.4, 0.5) is 11.4 Å². The van der Waals surface area contributed by atoms with Crippen LogP contribution in [-0.4, -0.2) is 10.7 Å². The van der Waals surface area contributed by atoms with Gasteiger partial charge in [0.1, 0.15) is 17.7 Å². The van der Waals surface area contributed by atoms with Crippen LogP contribution in [0.15, 0.2) is 36.4 Å². The van der Waals surface area contributed by atoms with Gasteiger partial charge >= 0.3 is 0 Å². The average molecular weight is 340 g/mol. The van der Waals surface area contributed by atoms with Crippen LogP contribution in [0.5, 0.6) is 0 Å². The van der Waals surface area contributed by atoms with Gasteiger partial charge in [-0.1, -0.05) is 24.3 Å². The number of nitriles is 2. The molecule has 0 saturated heterocycles. The van der Waals surface area contributed by atoms with E-state index in [0.29, 0.717) is 16.5 Å². The summed E-state index contributed by atoms with van der Waals surface area (Å²) >= 11 is 0. The number of nitro benzene ring substituents is 1. The van der Waals surface area contributed by atoms with Gasteiger partial charge in [-0.05, 0) is 11.6 Å². The smallest absolute Gasteiger partial charge is 0.281 e. The fraction of sp³-hybridized carbons (Fsp3) is 0. The summed E-state index contributed by atoms with van der Waals surface area (Å²) in [5.41, 5.74) is 6.73. The largest absolute Gasteiger partial charge is 0.397 e. The third-order valence-electron chi connectivity index (χ3n) is 4.58. The number of nitro groups is 1. The van der Waals surface area contributed by atoms with Crippen molar-refractivity contribution in [3.05, 3.63) is 68.8 Å². The Balaban J connectivity index is 2.40. The zero-order valence-electron chi connectivity index (χ0n) is 13.1. The molecule has 0 unspecified atom stereocenters. The van der Waals surface area contributed by atoms with E-state index in [1.807, 2.05) is 12.1 Å². The molecule has 1 aliphatic rings. The molecule has 0 aromatic heterocycles. The van der Waals surface area contributed by atoms with Gasteiger partial charge in [-0.2, -0.15) is 10.5 Å². The molecule has 3 aromatic rings. The Morgan fingerprint density at radius 3 is 2.23 bits per heavy atom. The van der Waals surface area contributed by atoms with Gasteiger partial charge in [0.05, 0.1) is 21.7 Å². The summed E-state index contributed by atoms with van der Waals surface area (Å²) in [6.07, 6.45) is 0. The molecular weight excluding hydrogens is 332 g/mol. The summed E-state index contributed by atoms with van der Waals surface area (Å²) < 4.78 is 0. The molecule has 7 heteroatoms. The average Bonchev–Trinajstić information content (AvgIpc) is 2.65. The first-order valence-electron chi connectivity index (χ1n) is 7.52. The molecule has 0 heterocycles. The zero-order chi connectivity index (χ0) is 18.6.